The van der Waals surface area contributed by atoms with Gasteiger partial charge in [0.05, 0.1) is 5.38 Å². The Morgan fingerprint density at radius 3 is 1.80 bits per heavy atom. The Balaban J connectivity index is 2.49. The molecule has 1 fully saturated rings. The van der Waals surface area contributed by atoms with Crippen LogP contribution in [-0.2, 0) is 0 Å². The van der Waals surface area contributed by atoms with Crippen LogP contribution >= 0.6 is 11.6 Å². The molecule has 1 saturated carbocycles. The summed E-state index contributed by atoms with van der Waals surface area (Å²) in [5, 5.41) is -0.281. The van der Waals surface area contributed by atoms with Crippen molar-refractivity contribution in [3.63, 3.8) is 0 Å². The van der Waals surface area contributed by atoms with E-state index < -0.39 is 5.67 Å². The van der Waals surface area contributed by atoms with Crippen molar-refractivity contribution in [2.45, 2.75) is 82.2 Å². The lowest BCUT2D eigenvalue weighted by Gasteiger charge is -2.30. The van der Waals surface area contributed by atoms with Gasteiger partial charge >= 0.3 is 0 Å². The maximum atomic E-state index is 14.6. The molecule has 0 nitrogen and oxygen atoms in total. The quantitative estimate of drug-likeness (QED) is 0.574. The van der Waals surface area contributed by atoms with Gasteiger partial charge in [0.2, 0.25) is 0 Å². The molecule has 0 saturated heterocycles. The molecule has 1 atom stereocenters. The van der Waals surface area contributed by atoms with Crippen molar-refractivity contribution >= 4 is 11.6 Å². The van der Waals surface area contributed by atoms with Crippen molar-refractivity contribution in [3.8, 4) is 0 Å². The van der Waals surface area contributed by atoms with Gasteiger partial charge in [0.25, 0.3) is 0 Å². The zero-order valence-corrected chi connectivity index (χ0v) is 10.7. The van der Waals surface area contributed by atoms with Crippen molar-refractivity contribution in [1.29, 1.82) is 0 Å². The maximum absolute atomic E-state index is 14.6. The summed E-state index contributed by atoms with van der Waals surface area (Å²) in [5.41, 5.74) is -1.09. The first-order chi connectivity index (χ1) is 7.19. The normalized spacial score (nSPS) is 25.8. The van der Waals surface area contributed by atoms with Crippen molar-refractivity contribution in [1.82, 2.24) is 0 Å². The number of hydrogen-bond donors (Lipinski definition) is 0. The van der Waals surface area contributed by atoms with Crippen LogP contribution in [0, 0.1) is 0 Å². The Morgan fingerprint density at radius 1 is 1.00 bits per heavy atom. The lowest BCUT2D eigenvalue weighted by Crippen LogP contribution is -2.34. The maximum Gasteiger partial charge on any atom is 0.127 e. The highest BCUT2D eigenvalue weighted by Gasteiger charge is 2.35. The summed E-state index contributed by atoms with van der Waals surface area (Å²) in [7, 11) is 0. The number of alkyl halides is 2. The molecule has 0 aliphatic heterocycles. The molecule has 0 N–H and O–H groups in total. The van der Waals surface area contributed by atoms with Gasteiger partial charge in [-0.3, -0.25) is 0 Å². The van der Waals surface area contributed by atoms with Crippen LogP contribution in [0.4, 0.5) is 4.39 Å². The monoisotopic (exact) mass is 234 g/mol. The van der Waals surface area contributed by atoms with E-state index in [0.717, 1.165) is 19.3 Å². The number of halogens is 2. The van der Waals surface area contributed by atoms with Gasteiger partial charge in [-0.25, -0.2) is 4.39 Å². The van der Waals surface area contributed by atoms with E-state index in [9.17, 15) is 4.39 Å². The predicted octanol–water partition coefficient (Wildman–Crippen LogP) is 5.24. The van der Waals surface area contributed by atoms with Crippen LogP contribution in [0.1, 0.15) is 71.1 Å². The van der Waals surface area contributed by atoms with Crippen LogP contribution in [0.2, 0.25) is 0 Å². The minimum absolute atomic E-state index is 0.281. The third-order valence-corrected chi connectivity index (χ3v) is 4.30. The Labute approximate surface area is 98.6 Å². The molecule has 0 bridgehead atoms. The predicted molar refractivity (Wildman–Crippen MR) is 65.3 cm³/mol. The third kappa shape index (κ3) is 4.30. The zero-order valence-electron chi connectivity index (χ0n) is 9.90. The lowest BCUT2D eigenvalue weighted by molar-refractivity contribution is 0.117. The highest BCUT2D eigenvalue weighted by Crippen LogP contribution is 2.35. The fourth-order valence-corrected chi connectivity index (χ4v) is 2.74. The van der Waals surface area contributed by atoms with E-state index in [0.29, 0.717) is 12.8 Å². The summed E-state index contributed by atoms with van der Waals surface area (Å²) < 4.78 is 14.6. The van der Waals surface area contributed by atoms with E-state index in [4.69, 9.17) is 11.6 Å². The van der Waals surface area contributed by atoms with Gasteiger partial charge in [-0.05, 0) is 19.3 Å². The highest BCUT2D eigenvalue weighted by molar-refractivity contribution is 6.21. The van der Waals surface area contributed by atoms with E-state index >= 15 is 0 Å². The van der Waals surface area contributed by atoms with Gasteiger partial charge in [0, 0.05) is 0 Å². The first kappa shape index (κ1) is 13.3. The summed E-state index contributed by atoms with van der Waals surface area (Å²) in [6, 6.07) is 0. The molecule has 0 aromatic heterocycles. The van der Waals surface area contributed by atoms with Crippen molar-refractivity contribution < 1.29 is 4.39 Å². The molecule has 0 amide bonds. The number of hydrogen-bond acceptors (Lipinski definition) is 0. The van der Waals surface area contributed by atoms with Gasteiger partial charge < -0.3 is 0 Å². The van der Waals surface area contributed by atoms with Crippen molar-refractivity contribution in [3.05, 3.63) is 0 Å². The highest BCUT2D eigenvalue weighted by atomic mass is 35.5. The van der Waals surface area contributed by atoms with Gasteiger partial charge in [-0.2, -0.15) is 0 Å². The smallest absolute Gasteiger partial charge is 0.127 e. The van der Waals surface area contributed by atoms with Gasteiger partial charge in [0.15, 0.2) is 0 Å². The minimum Gasteiger partial charge on any atom is -0.242 e. The van der Waals surface area contributed by atoms with Crippen LogP contribution < -0.4 is 0 Å². The molecular formula is C13H24ClF. The Hall–Kier alpha value is 0.220. The third-order valence-electron chi connectivity index (χ3n) is 3.60. The first-order valence-electron chi connectivity index (χ1n) is 6.52. The summed E-state index contributed by atoms with van der Waals surface area (Å²) >= 11 is 6.13. The second-order valence-corrected chi connectivity index (χ2v) is 5.41. The topological polar surface area (TPSA) is 0 Å². The minimum atomic E-state index is -1.09. The molecule has 0 radical (unpaired) electrons. The second-order valence-electron chi connectivity index (χ2n) is 4.89. The molecule has 0 aromatic rings. The Kier molecular flexibility index (Phi) is 5.96. The van der Waals surface area contributed by atoms with Crippen LogP contribution in [0.5, 0.6) is 0 Å². The van der Waals surface area contributed by atoms with E-state index in [-0.39, 0.29) is 5.38 Å². The molecule has 90 valence electrons. The standard InChI is InChI=1S/C13H24ClF/c1-2-12(14)13(15)10-8-6-4-3-5-7-9-11-13/h12H,2-11H2,1H3. The molecule has 0 heterocycles. The van der Waals surface area contributed by atoms with Crippen molar-refractivity contribution in [2.75, 3.05) is 0 Å². The average molecular weight is 235 g/mol. The van der Waals surface area contributed by atoms with E-state index in [2.05, 4.69) is 0 Å². The van der Waals surface area contributed by atoms with E-state index in [1.807, 2.05) is 6.92 Å². The van der Waals surface area contributed by atoms with E-state index in [1.54, 1.807) is 0 Å². The molecule has 2 heteroatoms. The largest absolute Gasteiger partial charge is 0.242 e. The Morgan fingerprint density at radius 2 is 1.40 bits per heavy atom. The van der Waals surface area contributed by atoms with E-state index in [1.165, 1.54) is 32.1 Å². The van der Waals surface area contributed by atoms with Crippen LogP contribution in [0.25, 0.3) is 0 Å². The molecule has 0 aromatic carbocycles. The molecule has 15 heavy (non-hydrogen) atoms. The van der Waals surface area contributed by atoms with Crippen LogP contribution in [0.15, 0.2) is 0 Å². The lowest BCUT2D eigenvalue weighted by atomic mass is 9.86. The Bertz CT molecular complexity index is 160. The summed E-state index contributed by atoms with van der Waals surface area (Å²) in [6.07, 6.45) is 10.4. The number of rotatable bonds is 2. The summed E-state index contributed by atoms with van der Waals surface area (Å²) in [4.78, 5) is 0. The molecule has 1 rings (SSSR count). The second kappa shape index (κ2) is 6.73. The molecule has 0 spiro atoms. The molecule has 1 aliphatic carbocycles. The van der Waals surface area contributed by atoms with Gasteiger partial charge in [0.1, 0.15) is 5.67 Å². The molecule has 1 aliphatic rings. The fraction of sp³-hybridized carbons (Fsp3) is 1.00. The van der Waals surface area contributed by atoms with Gasteiger partial charge in [-0.1, -0.05) is 51.9 Å². The van der Waals surface area contributed by atoms with Crippen molar-refractivity contribution in [2.24, 2.45) is 0 Å². The summed E-state index contributed by atoms with van der Waals surface area (Å²) in [6.45, 7) is 1.98. The zero-order chi connectivity index (χ0) is 11.1. The van der Waals surface area contributed by atoms with Crippen LogP contribution in [0.3, 0.4) is 0 Å². The summed E-state index contributed by atoms with van der Waals surface area (Å²) in [5.74, 6) is 0. The van der Waals surface area contributed by atoms with Gasteiger partial charge in [-0.15, -0.1) is 11.6 Å². The SMILES string of the molecule is CCC(Cl)C1(F)CCCCCCCCC1. The molecule has 1 unspecified atom stereocenters. The van der Waals surface area contributed by atoms with Crippen LogP contribution in [-0.4, -0.2) is 11.0 Å². The first-order valence-corrected chi connectivity index (χ1v) is 6.95. The average Bonchev–Trinajstić information content (AvgIpc) is 2.26. The molecular weight excluding hydrogens is 211 g/mol. The fourth-order valence-electron chi connectivity index (χ4n) is 2.53.